The molecule has 0 saturated heterocycles. The quantitative estimate of drug-likeness (QED) is 0.254. The summed E-state index contributed by atoms with van der Waals surface area (Å²) in [6.45, 7) is 14.0. The number of benzene rings is 4. The van der Waals surface area contributed by atoms with Crippen LogP contribution in [0.25, 0.3) is 0 Å². The summed E-state index contributed by atoms with van der Waals surface area (Å²) in [6, 6.07) is 42.3. The van der Waals surface area contributed by atoms with E-state index in [2.05, 4.69) is 139 Å². The molecule has 0 spiro atoms. The number of hydrogen-bond acceptors (Lipinski definition) is 4. The molecule has 5 rings (SSSR count). The van der Waals surface area contributed by atoms with Crippen LogP contribution in [0.2, 0.25) is 10.1 Å². The average molecular weight is 629 g/mol. The maximum Gasteiger partial charge on any atom is 1.00 e. The van der Waals surface area contributed by atoms with Gasteiger partial charge >= 0.3 is 18.9 Å². The third-order valence-corrected chi connectivity index (χ3v) is 18.9. The van der Waals surface area contributed by atoms with Crippen molar-refractivity contribution in [2.24, 2.45) is 0 Å². The molecule has 0 atom stereocenters. The Morgan fingerprint density at radius 3 is 1.09 bits per heavy atom. The van der Waals surface area contributed by atoms with Crippen molar-refractivity contribution in [3.8, 4) is 0 Å². The predicted octanol–water partition coefficient (Wildman–Crippen LogP) is 2.50. The fourth-order valence-electron chi connectivity index (χ4n) is 6.79. The topological polar surface area (TPSA) is 50.8 Å². The summed E-state index contributed by atoms with van der Waals surface area (Å²) in [7, 11) is -5.75. The Bertz CT molecular complexity index is 1350. The zero-order valence-corrected chi connectivity index (χ0v) is 29.9. The van der Waals surface area contributed by atoms with Gasteiger partial charge in [0.25, 0.3) is 16.6 Å². The molecule has 4 aromatic carbocycles. The second-order valence-corrected chi connectivity index (χ2v) is 22.5. The van der Waals surface area contributed by atoms with Crippen LogP contribution >= 0.6 is 0 Å². The van der Waals surface area contributed by atoms with Crippen molar-refractivity contribution < 1.29 is 37.6 Å². The van der Waals surface area contributed by atoms with E-state index in [0.29, 0.717) is 6.42 Å². The number of rotatable bonds is 10. The molecule has 1 heterocycles. The van der Waals surface area contributed by atoms with E-state index in [-0.39, 0.29) is 48.1 Å². The Balaban J connectivity index is 0.00000461. The van der Waals surface area contributed by atoms with E-state index in [1.807, 2.05) is 24.3 Å². The summed E-state index contributed by atoms with van der Waals surface area (Å²) in [4.78, 5) is 0. The Morgan fingerprint density at radius 1 is 0.578 bits per heavy atom. The Labute approximate surface area is 283 Å². The predicted molar refractivity (Wildman–Crippen MR) is 184 cm³/mol. The normalized spacial score (nSPS) is 15.1. The van der Waals surface area contributed by atoms with E-state index in [1.54, 1.807) is 6.08 Å². The van der Waals surface area contributed by atoms with E-state index in [4.69, 9.17) is 13.6 Å². The summed E-state index contributed by atoms with van der Waals surface area (Å²) < 4.78 is 20.9. The standard InChI is InChI=1S/C38H46O4Si2.Li/c1-36(2,3)43(31-19-11-7-12-20-31,32-21-13-8-14-22-32)40-29-38(28-27-35(39)42-38)30-41-44(37(4,5)6,33-23-15-9-16-24-33)34-25-17-10-18-26-34;/h7-27,39H,28-30H2,1-6H3;/q;+1/p-1. The van der Waals surface area contributed by atoms with Gasteiger partial charge in [0.1, 0.15) is 0 Å². The summed E-state index contributed by atoms with van der Waals surface area (Å²) in [5.74, 6) is -0.318. The summed E-state index contributed by atoms with van der Waals surface area (Å²) in [5, 5.41) is 17.2. The maximum absolute atomic E-state index is 12.8. The van der Waals surface area contributed by atoms with Gasteiger partial charge in [0, 0.05) is 5.95 Å². The van der Waals surface area contributed by atoms with E-state index in [9.17, 15) is 5.11 Å². The molecule has 4 aromatic rings. The second-order valence-electron chi connectivity index (χ2n) is 13.9. The van der Waals surface area contributed by atoms with Crippen molar-refractivity contribution in [2.45, 2.75) is 63.6 Å². The van der Waals surface area contributed by atoms with Crippen molar-refractivity contribution >= 4 is 37.4 Å². The molecular weight excluding hydrogens is 584 g/mol. The van der Waals surface area contributed by atoms with Gasteiger partial charge in [-0.3, -0.25) is 0 Å². The molecule has 0 aromatic heterocycles. The van der Waals surface area contributed by atoms with Crippen LogP contribution in [-0.2, 0) is 13.6 Å². The van der Waals surface area contributed by atoms with Gasteiger partial charge in [-0.15, -0.1) is 0 Å². The molecule has 0 amide bonds. The SMILES string of the molecule is CC(C)(C)[Si](OCC1(CO[Si](c2ccccc2)(c2ccccc2)C(C)(C)C)CC=C([O-])O1)(c1ccccc1)c1ccccc1.[Li+]. The summed E-state index contributed by atoms with van der Waals surface area (Å²) in [6.07, 6.45) is 2.08. The minimum absolute atomic E-state index is 0. The van der Waals surface area contributed by atoms with Crippen molar-refractivity contribution in [2.75, 3.05) is 13.2 Å². The molecule has 0 N–H and O–H groups in total. The van der Waals surface area contributed by atoms with E-state index >= 15 is 0 Å². The summed E-state index contributed by atoms with van der Waals surface area (Å²) in [5.41, 5.74) is -0.947. The van der Waals surface area contributed by atoms with E-state index < -0.39 is 22.2 Å². The molecule has 1 aliphatic rings. The summed E-state index contributed by atoms with van der Waals surface area (Å²) >= 11 is 0. The largest absolute Gasteiger partial charge is 1.00 e. The Hall–Kier alpha value is -2.83. The van der Waals surface area contributed by atoms with Crippen LogP contribution in [0, 0.1) is 0 Å². The molecule has 4 nitrogen and oxygen atoms in total. The molecule has 230 valence electrons. The molecule has 45 heavy (non-hydrogen) atoms. The van der Waals surface area contributed by atoms with E-state index in [0.717, 1.165) is 0 Å². The van der Waals surface area contributed by atoms with Gasteiger partial charge in [-0.1, -0.05) is 169 Å². The average Bonchev–Trinajstić information content (AvgIpc) is 3.39. The fourth-order valence-corrected chi connectivity index (χ4v) is 16.1. The molecule has 1 aliphatic heterocycles. The van der Waals surface area contributed by atoms with Crippen LogP contribution in [0.5, 0.6) is 0 Å². The van der Waals surface area contributed by atoms with Crippen LogP contribution < -0.4 is 44.7 Å². The first kappa shape index (κ1) is 35.0. The van der Waals surface area contributed by atoms with Gasteiger partial charge in [-0.2, -0.15) is 0 Å². The molecule has 0 unspecified atom stereocenters. The van der Waals surface area contributed by atoms with Crippen molar-refractivity contribution in [3.63, 3.8) is 0 Å². The zero-order valence-electron chi connectivity index (χ0n) is 27.9. The Morgan fingerprint density at radius 2 is 0.867 bits per heavy atom. The van der Waals surface area contributed by atoms with Gasteiger partial charge in [0.15, 0.2) is 0 Å². The van der Waals surface area contributed by atoms with Gasteiger partial charge in [-0.05, 0) is 37.2 Å². The number of ether oxygens (including phenoxy) is 1. The molecule has 0 radical (unpaired) electrons. The minimum Gasteiger partial charge on any atom is -0.602 e. The maximum atomic E-state index is 12.8. The first-order valence-electron chi connectivity index (χ1n) is 15.5. The molecular formula is C38H45LiO4Si2. The van der Waals surface area contributed by atoms with Gasteiger partial charge in [0.2, 0.25) is 0 Å². The van der Waals surface area contributed by atoms with Crippen LogP contribution in [-0.4, -0.2) is 35.4 Å². The van der Waals surface area contributed by atoms with Crippen molar-refractivity contribution in [1.82, 2.24) is 0 Å². The van der Waals surface area contributed by atoms with Gasteiger partial charge < -0.3 is 18.7 Å². The van der Waals surface area contributed by atoms with Crippen LogP contribution in [0.4, 0.5) is 0 Å². The van der Waals surface area contributed by atoms with Crippen LogP contribution in [0.3, 0.4) is 0 Å². The van der Waals surface area contributed by atoms with Crippen LogP contribution in [0.1, 0.15) is 48.0 Å². The zero-order chi connectivity index (χ0) is 31.5. The molecule has 0 fully saturated rings. The third-order valence-electron chi connectivity index (χ3n) is 8.89. The van der Waals surface area contributed by atoms with Crippen LogP contribution in [0.15, 0.2) is 133 Å². The number of hydrogen-bond donors (Lipinski definition) is 0. The monoisotopic (exact) mass is 628 g/mol. The van der Waals surface area contributed by atoms with Gasteiger partial charge in [0.05, 0.1) is 18.8 Å². The Kier molecular flexibility index (Phi) is 10.8. The first-order chi connectivity index (χ1) is 20.9. The molecule has 0 aliphatic carbocycles. The first-order valence-corrected chi connectivity index (χ1v) is 19.3. The minimum atomic E-state index is -2.87. The van der Waals surface area contributed by atoms with Gasteiger partial charge in [-0.25, -0.2) is 0 Å². The molecule has 0 saturated carbocycles. The smallest absolute Gasteiger partial charge is 0.602 e. The van der Waals surface area contributed by atoms with Crippen molar-refractivity contribution in [1.29, 1.82) is 0 Å². The molecule has 7 heteroatoms. The third kappa shape index (κ3) is 6.83. The molecule has 0 bridgehead atoms. The van der Waals surface area contributed by atoms with E-state index in [1.165, 1.54) is 20.7 Å². The van der Waals surface area contributed by atoms with Crippen molar-refractivity contribution in [3.05, 3.63) is 133 Å². The second kappa shape index (κ2) is 13.9. The fraction of sp³-hybridized carbons (Fsp3) is 0.316.